The third kappa shape index (κ3) is 4.86. The third-order valence-electron chi connectivity index (χ3n) is 4.49. The molecule has 2 aliphatic heterocycles. The number of rotatable bonds is 3. The van der Waals surface area contributed by atoms with Crippen LogP contribution in [0.1, 0.15) is 0 Å². The number of piperazine rings is 1. The molecule has 1 aromatic rings. The van der Waals surface area contributed by atoms with Crippen molar-refractivity contribution in [3.05, 3.63) is 24.3 Å². The topological polar surface area (TPSA) is 79.4 Å². The summed E-state index contributed by atoms with van der Waals surface area (Å²) in [6.45, 7) is 2.67. The van der Waals surface area contributed by atoms with Gasteiger partial charge < -0.3 is 19.3 Å². The van der Waals surface area contributed by atoms with Crippen LogP contribution in [-0.4, -0.2) is 87.4 Å². The zero-order valence-electron chi connectivity index (χ0n) is 14.9. The van der Waals surface area contributed by atoms with Crippen LogP contribution in [0, 0.1) is 0 Å². The number of amides is 2. The Balaban J connectivity index is 1.60. The minimum Gasteiger partial charge on any atom is -0.406 e. The van der Waals surface area contributed by atoms with E-state index in [-0.39, 0.29) is 37.1 Å². The van der Waals surface area contributed by atoms with Gasteiger partial charge in [-0.15, -0.1) is 13.2 Å². The second kappa shape index (κ2) is 8.13. The van der Waals surface area contributed by atoms with Crippen LogP contribution < -0.4 is 4.74 Å². The highest BCUT2D eigenvalue weighted by molar-refractivity contribution is 7.89. The summed E-state index contributed by atoms with van der Waals surface area (Å²) in [5.41, 5.74) is 0. The molecule has 0 spiro atoms. The lowest BCUT2D eigenvalue weighted by atomic mass is 10.3. The maximum absolute atomic E-state index is 12.7. The molecule has 28 heavy (non-hydrogen) atoms. The fourth-order valence-corrected chi connectivity index (χ4v) is 4.46. The summed E-state index contributed by atoms with van der Waals surface area (Å²) in [5.74, 6) is -0.493. The van der Waals surface area contributed by atoms with Gasteiger partial charge in [-0.2, -0.15) is 4.31 Å². The molecule has 2 aliphatic rings. The summed E-state index contributed by atoms with van der Waals surface area (Å²) in [7, 11) is -3.87. The number of carbonyl (C=O) groups excluding carboxylic acids is 1. The smallest absolute Gasteiger partial charge is 0.406 e. The number of hydrogen-bond acceptors (Lipinski definition) is 5. The molecule has 0 aromatic heterocycles. The van der Waals surface area contributed by atoms with Gasteiger partial charge in [0.15, 0.2) is 0 Å². The minimum absolute atomic E-state index is 0.110. The molecule has 8 nitrogen and oxygen atoms in total. The van der Waals surface area contributed by atoms with Gasteiger partial charge in [0.1, 0.15) is 5.75 Å². The van der Waals surface area contributed by atoms with Crippen LogP contribution in [0.4, 0.5) is 18.0 Å². The van der Waals surface area contributed by atoms with E-state index in [2.05, 4.69) is 4.74 Å². The summed E-state index contributed by atoms with van der Waals surface area (Å²) in [6, 6.07) is 3.91. The Labute approximate surface area is 160 Å². The molecule has 156 valence electrons. The Kier molecular flexibility index (Phi) is 6.01. The van der Waals surface area contributed by atoms with Gasteiger partial charge in [-0.05, 0) is 24.3 Å². The third-order valence-corrected chi connectivity index (χ3v) is 6.40. The van der Waals surface area contributed by atoms with Crippen LogP contribution in [-0.2, 0) is 14.8 Å². The van der Waals surface area contributed by atoms with Crippen molar-refractivity contribution in [1.29, 1.82) is 0 Å². The fourth-order valence-electron chi connectivity index (χ4n) is 3.04. The maximum Gasteiger partial charge on any atom is 0.573 e. The summed E-state index contributed by atoms with van der Waals surface area (Å²) in [6.07, 6.45) is -4.84. The maximum atomic E-state index is 12.7. The molecular weight excluding hydrogens is 403 g/mol. The highest BCUT2D eigenvalue weighted by Crippen LogP contribution is 2.25. The lowest BCUT2D eigenvalue weighted by molar-refractivity contribution is -0.274. The van der Waals surface area contributed by atoms with E-state index in [0.717, 1.165) is 24.3 Å². The van der Waals surface area contributed by atoms with Crippen LogP contribution in [0.15, 0.2) is 29.2 Å². The van der Waals surface area contributed by atoms with Crippen LogP contribution in [0.2, 0.25) is 0 Å². The fraction of sp³-hybridized carbons (Fsp3) is 0.562. The predicted molar refractivity (Wildman–Crippen MR) is 91.2 cm³/mol. The summed E-state index contributed by atoms with van der Waals surface area (Å²) >= 11 is 0. The number of ether oxygens (including phenoxy) is 2. The Hall–Kier alpha value is -2.05. The van der Waals surface area contributed by atoms with Gasteiger partial charge >= 0.3 is 12.4 Å². The molecule has 2 saturated heterocycles. The van der Waals surface area contributed by atoms with Crippen molar-refractivity contribution in [2.45, 2.75) is 11.3 Å². The molecule has 0 unspecified atom stereocenters. The lowest BCUT2D eigenvalue weighted by Crippen LogP contribution is -2.55. The number of sulfonamides is 1. The van der Waals surface area contributed by atoms with E-state index in [1.54, 1.807) is 9.80 Å². The van der Waals surface area contributed by atoms with E-state index < -0.39 is 22.1 Å². The highest BCUT2D eigenvalue weighted by atomic mass is 32.2. The average Bonchev–Trinajstić information content (AvgIpc) is 2.67. The monoisotopic (exact) mass is 423 g/mol. The van der Waals surface area contributed by atoms with E-state index in [1.165, 1.54) is 4.31 Å². The van der Waals surface area contributed by atoms with Crippen molar-refractivity contribution < 1.29 is 35.9 Å². The van der Waals surface area contributed by atoms with E-state index in [9.17, 15) is 26.4 Å². The number of halogens is 3. The first-order valence-corrected chi connectivity index (χ1v) is 10.1. The van der Waals surface area contributed by atoms with Gasteiger partial charge in [-0.1, -0.05) is 0 Å². The molecule has 12 heteroatoms. The van der Waals surface area contributed by atoms with Crippen molar-refractivity contribution in [3.63, 3.8) is 0 Å². The standard InChI is InChI=1S/C16H20F3N3O5S/c17-16(18,19)27-13-1-3-14(4-2-13)28(24,25)22-7-5-20(6-8-22)15(23)21-9-11-26-12-10-21/h1-4H,5-12H2. The summed E-state index contributed by atoms with van der Waals surface area (Å²) in [4.78, 5) is 15.6. The van der Waals surface area contributed by atoms with E-state index in [4.69, 9.17) is 4.74 Å². The molecule has 0 saturated carbocycles. The molecule has 0 atom stereocenters. The number of urea groups is 1. The van der Waals surface area contributed by atoms with Crippen LogP contribution in [0.5, 0.6) is 5.75 Å². The van der Waals surface area contributed by atoms with E-state index in [1.807, 2.05) is 0 Å². The first-order valence-electron chi connectivity index (χ1n) is 8.64. The van der Waals surface area contributed by atoms with Crippen molar-refractivity contribution >= 4 is 16.1 Å². The molecule has 1 aromatic carbocycles. The second-order valence-electron chi connectivity index (χ2n) is 6.29. The lowest BCUT2D eigenvalue weighted by Gasteiger charge is -2.38. The number of hydrogen-bond donors (Lipinski definition) is 0. The van der Waals surface area contributed by atoms with Crippen LogP contribution in [0.25, 0.3) is 0 Å². The molecule has 0 aliphatic carbocycles. The molecule has 2 amide bonds. The van der Waals surface area contributed by atoms with Crippen molar-refractivity contribution in [3.8, 4) is 5.75 Å². The molecule has 0 radical (unpaired) electrons. The quantitative estimate of drug-likeness (QED) is 0.733. The van der Waals surface area contributed by atoms with Crippen molar-refractivity contribution in [2.75, 3.05) is 52.5 Å². The molecule has 2 heterocycles. The molecule has 3 rings (SSSR count). The van der Waals surface area contributed by atoms with Gasteiger partial charge in [0.05, 0.1) is 18.1 Å². The predicted octanol–water partition coefficient (Wildman–Crippen LogP) is 1.34. The zero-order valence-corrected chi connectivity index (χ0v) is 15.7. The Morgan fingerprint density at radius 3 is 2.00 bits per heavy atom. The van der Waals surface area contributed by atoms with Gasteiger partial charge in [0, 0.05) is 39.3 Å². The summed E-state index contributed by atoms with van der Waals surface area (Å²) in [5, 5.41) is 0. The van der Waals surface area contributed by atoms with E-state index in [0.29, 0.717) is 26.3 Å². The van der Waals surface area contributed by atoms with E-state index >= 15 is 0 Å². The first kappa shape index (κ1) is 20.7. The molecule has 0 N–H and O–H groups in total. The summed E-state index contributed by atoms with van der Waals surface area (Å²) < 4.78 is 72.2. The number of alkyl halides is 3. The molecular formula is C16H20F3N3O5S. The number of carbonyl (C=O) groups is 1. The Bertz CT molecular complexity index is 787. The Morgan fingerprint density at radius 2 is 1.46 bits per heavy atom. The molecule has 2 fully saturated rings. The average molecular weight is 423 g/mol. The number of benzene rings is 1. The van der Waals surface area contributed by atoms with Gasteiger partial charge in [-0.3, -0.25) is 0 Å². The SMILES string of the molecule is O=C(N1CCOCC1)N1CCN(S(=O)(=O)c2ccc(OC(F)(F)F)cc2)CC1. The van der Waals surface area contributed by atoms with Crippen molar-refractivity contribution in [2.24, 2.45) is 0 Å². The number of morpholine rings is 1. The minimum atomic E-state index is -4.84. The highest BCUT2D eigenvalue weighted by Gasteiger charge is 2.33. The van der Waals surface area contributed by atoms with Crippen molar-refractivity contribution in [1.82, 2.24) is 14.1 Å². The van der Waals surface area contributed by atoms with Gasteiger partial charge in [-0.25, -0.2) is 13.2 Å². The largest absolute Gasteiger partial charge is 0.573 e. The Morgan fingerprint density at radius 1 is 0.929 bits per heavy atom. The van der Waals surface area contributed by atoms with Gasteiger partial charge in [0.2, 0.25) is 10.0 Å². The normalized spacial score (nSPS) is 19.5. The number of nitrogens with zero attached hydrogens (tertiary/aromatic N) is 3. The molecule has 0 bridgehead atoms. The second-order valence-corrected chi connectivity index (χ2v) is 8.23. The van der Waals surface area contributed by atoms with Crippen LogP contribution >= 0.6 is 0 Å². The van der Waals surface area contributed by atoms with Gasteiger partial charge in [0.25, 0.3) is 0 Å². The van der Waals surface area contributed by atoms with Crippen LogP contribution in [0.3, 0.4) is 0 Å². The zero-order chi connectivity index (χ0) is 20.4. The first-order chi connectivity index (χ1) is 13.2.